The number of H-pyrrole nitrogens is 1. The lowest BCUT2D eigenvalue weighted by atomic mass is 9.95. The summed E-state index contributed by atoms with van der Waals surface area (Å²) in [5.41, 5.74) is 2.72. The third-order valence-corrected chi connectivity index (χ3v) is 4.05. The van der Waals surface area contributed by atoms with Crippen LogP contribution >= 0.6 is 0 Å². The second kappa shape index (κ2) is 5.22. The molecule has 1 N–H and O–H groups in total. The first kappa shape index (κ1) is 12.9. The molecule has 22 heavy (non-hydrogen) atoms. The normalized spacial score (nSPS) is 18.8. The van der Waals surface area contributed by atoms with Gasteiger partial charge in [0.05, 0.1) is 23.3 Å². The Morgan fingerprint density at radius 1 is 1.18 bits per heavy atom. The number of anilines is 1. The lowest BCUT2D eigenvalue weighted by Crippen LogP contribution is -2.40. The number of rotatable bonds is 2. The van der Waals surface area contributed by atoms with E-state index in [0.717, 1.165) is 36.1 Å². The Labute approximate surface area is 127 Å². The Morgan fingerprint density at radius 2 is 2.05 bits per heavy atom. The van der Waals surface area contributed by atoms with Crippen molar-refractivity contribution in [1.29, 1.82) is 0 Å². The van der Waals surface area contributed by atoms with Gasteiger partial charge in [-0.25, -0.2) is 15.0 Å². The monoisotopic (exact) mass is 293 g/mol. The van der Waals surface area contributed by atoms with Gasteiger partial charge in [0, 0.05) is 24.6 Å². The van der Waals surface area contributed by atoms with Crippen LogP contribution < -0.4 is 4.90 Å². The highest BCUT2D eigenvalue weighted by atomic mass is 16.2. The van der Waals surface area contributed by atoms with E-state index in [1.165, 1.54) is 0 Å². The van der Waals surface area contributed by atoms with Gasteiger partial charge >= 0.3 is 0 Å². The van der Waals surface area contributed by atoms with Crippen molar-refractivity contribution in [2.24, 2.45) is 0 Å². The number of amides is 1. The molecule has 1 aromatic carbocycles. The number of carbonyl (C=O) groups excluding carboxylic acids is 1. The summed E-state index contributed by atoms with van der Waals surface area (Å²) >= 11 is 0. The third kappa shape index (κ3) is 2.13. The van der Waals surface area contributed by atoms with E-state index in [9.17, 15) is 4.79 Å². The summed E-state index contributed by atoms with van der Waals surface area (Å²) in [7, 11) is 0. The second-order valence-corrected chi connectivity index (χ2v) is 5.40. The van der Waals surface area contributed by atoms with Crippen LogP contribution in [-0.2, 0) is 4.79 Å². The largest absolute Gasteiger partial charge is 0.345 e. The molecule has 2 aromatic heterocycles. The Bertz CT molecular complexity index is 814. The first-order valence-corrected chi connectivity index (χ1v) is 7.34. The van der Waals surface area contributed by atoms with E-state index in [0.29, 0.717) is 5.82 Å². The maximum atomic E-state index is 12.8. The smallest absolute Gasteiger partial charge is 0.237 e. The number of hydrogen-bond acceptors (Lipinski definition) is 4. The van der Waals surface area contributed by atoms with E-state index in [1.807, 2.05) is 23.1 Å². The molecule has 0 spiro atoms. The number of nitrogens with one attached hydrogen (secondary N) is 1. The quantitative estimate of drug-likeness (QED) is 0.786. The van der Waals surface area contributed by atoms with Gasteiger partial charge in [-0.1, -0.05) is 0 Å². The minimum absolute atomic E-state index is 0.0660. The van der Waals surface area contributed by atoms with E-state index < -0.39 is 0 Å². The second-order valence-electron chi connectivity index (χ2n) is 5.40. The van der Waals surface area contributed by atoms with E-state index >= 15 is 0 Å². The Kier molecular flexibility index (Phi) is 3.07. The van der Waals surface area contributed by atoms with E-state index in [-0.39, 0.29) is 11.8 Å². The number of carbonyl (C=O) groups is 1. The molecule has 0 saturated carbocycles. The summed E-state index contributed by atoms with van der Waals surface area (Å²) in [5.74, 6) is 0.420. The molecule has 0 aliphatic carbocycles. The summed E-state index contributed by atoms with van der Waals surface area (Å²) in [6, 6.07) is 7.60. The standard InChI is InChI=1S/C16H15N5O/c22-16-12(15-17-6-2-7-18-15)3-1-8-21(16)11-4-5-13-14(9-11)20-10-19-13/h2,4-7,9-10,12H,1,3,8H2,(H,19,20). The predicted octanol–water partition coefficient (Wildman–Crippen LogP) is 2.26. The molecule has 1 fully saturated rings. The zero-order valence-corrected chi connectivity index (χ0v) is 11.9. The minimum atomic E-state index is -0.257. The van der Waals surface area contributed by atoms with Crippen molar-refractivity contribution in [2.45, 2.75) is 18.8 Å². The van der Waals surface area contributed by atoms with E-state index in [4.69, 9.17) is 0 Å². The molecule has 4 rings (SSSR count). The fraction of sp³-hybridized carbons (Fsp3) is 0.250. The van der Waals surface area contributed by atoms with Gasteiger partial charge in [0.2, 0.25) is 5.91 Å². The molecule has 0 radical (unpaired) electrons. The maximum absolute atomic E-state index is 12.8. The van der Waals surface area contributed by atoms with Gasteiger partial charge in [0.25, 0.3) is 0 Å². The highest BCUT2D eigenvalue weighted by molar-refractivity contribution is 5.99. The van der Waals surface area contributed by atoms with Crippen LogP contribution in [0.4, 0.5) is 5.69 Å². The van der Waals surface area contributed by atoms with E-state index in [1.54, 1.807) is 24.8 Å². The van der Waals surface area contributed by atoms with Crippen molar-refractivity contribution in [1.82, 2.24) is 19.9 Å². The van der Waals surface area contributed by atoms with Crippen LogP contribution in [0, 0.1) is 0 Å². The highest BCUT2D eigenvalue weighted by Crippen LogP contribution is 2.30. The lowest BCUT2D eigenvalue weighted by molar-refractivity contribution is -0.121. The Hall–Kier alpha value is -2.76. The first-order valence-electron chi connectivity index (χ1n) is 7.34. The molecule has 1 saturated heterocycles. The Morgan fingerprint density at radius 3 is 2.91 bits per heavy atom. The molecule has 1 atom stereocenters. The summed E-state index contributed by atoms with van der Waals surface area (Å²) in [5, 5.41) is 0. The maximum Gasteiger partial charge on any atom is 0.237 e. The van der Waals surface area contributed by atoms with Gasteiger partial charge in [0.1, 0.15) is 5.82 Å². The Balaban J connectivity index is 1.68. The van der Waals surface area contributed by atoms with Gasteiger partial charge < -0.3 is 9.88 Å². The van der Waals surface area contributed by atoms with Gasteiger partial charge in [-0.15, -0.1) is 0 Å². The molecule has 1 aliphatic rings. The van der Waals surface area contributed by atoms with Crippen LogP contribution in [-0.4, -0.2) is 32.4 Å². The molecular formula is C16H15N5O. The van der Waals surface area contributed by atoms with Crippen LogP contribution in [0.2, 0.25) is 0 Å². The molecular weight excluding hydrogens is 278 g/mol. The number of piperidine rings is 1. The number of nitrogens with zero attached hydrogens (tertiary/aromatic N) is 4. The molecule has 0 bridgehead atoms. The molecule has 110 valence electrons. The summed E-state index contributed by atoms with van der Waals surface area (Å²) < 4.78 is 0. The number of imidazole rings is 1. The fourth-order valence-corrected chi connectivity index (χ4v) is 2.95. The van der Waals surface area contributed by atoms with Crippen LogP contribution in [0.15, 0.2) is 43.0 Å². The average molecular weight is 293 g/mol. The summed E-state index contributed by atoms with van der Waals surface area (Å²) in [6.07, 6.45) is 6.77. The zero-order chi connectivity index (χ0) is 14.9. The fourth-order valence-electron chi connectivity index (χ4n) is 2.95. The molecule has 6 heteroatoms. The average Bonchev–Trinajstić information content (AvgIpc) is 3.03. The van der Waals surface area contributed by atoms with Crippen molar-refractivity contribution < 1.29 is 4.79 Å². The van der Waals surface area contributed by atoms with Crippen LogP contribution in [0.25, 0.3) is 11.0 Å². The lowest BCUT2D eigenvalue weighted by Gasteiger charge is -2.31. The van der Waals surface area contributed by atoms with Crippen molar-refractivity contribution in [2.75, 3.05) is 11.4 Å². The number of hydrogen-bond donors (Lipinski definition) is 1. The summed E-state index contributed by atoms with van der Waals surface area (Å²) in [4.78, 5) is 30.4. The SMILES string of the molecule is O=C1C(c2ncccn2)CCCN1c1ccc2nc[nH]c2c1. The number of aromatic amines is 1. The highest BCUT2D eigenvalue weighted by Gasteiger charge is 2.32. The molecule has 1 unspecified atom stereocenters. The van der Waals surface area contributed by atoms with Crippen molar-refractivity contribution in [3.8, 4) is 0 Å². The van der Waals surface area contributed by atoms with Crippen molar-refractivity contribution in [3.05, 3.63) is 48.8 Å². The van der Waals surface area contributed by atoms with Crippen LogP contribution in [0.5, 0.6) is 0 Å². The van der Waals surface area contributed by atoms with Gasteiger partial charge in [0.15, 0.2) is 0 Å². The molecule has 3 aromatic rings. The van der Waals surface area contributed by atoms with E-state index in [2.05, 4.69) is 19.9 Å². The van der Waals surface area contributed by atoms with Crippen LogP contribution in [0.1, 0.15) is 24.6 Å². The van der Waals surface area contributed by atoms with Crippen molar-refractivity contribution in [3.63, 3.8) is 0 Å². The molecule has 6 nitrogen and oxygen atoms in total. The van der Waals surface area contributed by atoms with Crippen LogP contribution in [0.3, 0.4) is 0 Å². The van der Waals surface area contributed by atoms with Gasteiger partial charge in [-0.05, 0) is 37.1 Å². The first-order chi connectivity index (χ1) is 10.8. The summed E-state index contributed by atoms with van der Waals surface area (Å²) in [6.45, 7) is 0.724. The van der Waals surface area contributed by atoms with Crippen molar-refractivity contribution >= 4 is 22.6 Å². The molecule has 1 aliphatic heterocycles. The number of fused-ring (bicyclic) bond motifs is 1. The number of aromatic nitrogens is 4. The predicted molar refractivity (Wildman–Crippen MR) is 82.5 cm³/mol. The molecule has 1 amide bonds. The minimum Gasteiger partial charge on any atom is -0.345 e. The zero-order valence-electron chi connectivity index (χ0n) is 11.9. The van der Waals surface area contributed by atoms with Gasteiger partial charge in [-0.2, -0.15) is 0 Å². The third-order valence-electron chi connectivity index (χ3n) is 4.05. The number of benzene rings is 1. The van der Waals surface area contributed by atoms with Gasteiger partial charge in [-0.3, -0.25) is 4.79 Å². The topological polar surface area (TPSA) is 74.8 Å². The molecule has 3 heterocycles.